The number of hydrogen-bond acceptors (Lipinski definition) is 3. The van der Waals surface area contributed by atoms with Gasteiger partial charge in [-0.25, -0.2) is 0 Å². The molecule has 0 aromatic heterocycles. The van der Waals surface area contributed by atoms with Crippen LogP contribution in [-0.4, -0.2) is 29.4 Å². The number of rotatable bonds is 5. The van der Waals surface area contributed by atoms with Crippen molar-refractivity contribution in [3.05, 3.63) is 35.9 Å². The van der Waals surface area contributed by atoms with Crippen LogP contribution in [0.25, 0.3) is 0 Å². The summed E-state index contributed by atoms with van der Waals surface area (Å²) in [4.78, 5) is 10.5. The molecule has 0 aliphatic rings. The van der Waals surface area contributed by atoms with Crippen LogP contribution in [0, 0.1) is 0 Å². The highest BCUT2D eigenvalue weighted by Crippen LogP contribution is 2.25. The molecule has 100 valence electrons. The van der Waals surface area contributed by atoms with Crippen LogP contribution in [0.4, 0.5) is 13.2 Å². The van der Waals surface area contributed by atoms with Gasteiger partial charge in [-0.1, -0.05) is 30.3 Å². The minimum Gasteiger partial charge on any atom is -0.480 e. The van der Waals surface area contributed by atoms with Gasteiger partial charge in [0.2, 0.25) is 0 Å². The molecular weight excluding hydrogens is 251 g/mol. The predicted molar refractivity (Wildman–Crippen MR) is 56.7 cm³/mol. The van der Waals surface area contributed by atoms with E-state index in [2.05, 4.69) is 4.74 Å². The van der Waals surface area contributed by atoms with Crippen molar-refractivity contribution >= 4 is 5.97 Å². The molecule has 4 nitrogen and oxygen atoms in total. The number of hydrogen-bond donors (Lipinski definition) is 2. The molecule has 18 heavy (non-hydrogen) atoms. The highest BCUT2D eigenvalue weighted by molar-refractivity contribution is 5.74. The van der Waals surface area contributed by atoms with Crippen LogP contribution in [0.1, 0.15) is 5.56 Å². The Morgan fingerprint density at radius 3 is 2.33 bits per heavy atom. The molecule has 0 aliphatic carbocycles. The molecule has 0 saturated carbocycles. The molecule has 0 amide bonds. The van der Waals surface area contributed by atoms with Gasteiger partial charge in [0.05, 0.1) is 6.61 Å². The van der Waals surface area contributed by atoms with E-state index in [1.807, 2.05) is 0 Å². The van der Waals surface area contributed by atoms with Crippen LogP contribution in [-0.2, 0) is 16.1 Å². The van der Waals surface area contributed by atoms with Gasteiger partial charge in [-0.15, -0.1) is 0 Å². The topological polar surface area (TPSA) is 72.6 Å². The molecule has 1 aromatic carbocycles. The summed E-state index contributed by atoms with van der Waals surface area (Å²) in [5.74, 6) is -1.76. The van der Waals surface area contributed by atoms with E-state index >= 15 is 0 Å². The average Bonchev–Trinajstić information content (AvgIpc) is 2.28. The maximum atomic E-state index is 12.6. The lowest BCUT2D eigenvalue weighted by molar-refractivity contribution is -0.231. The Kier molecular flexibility index (Phi) is 4.69. The van der Waals surface area contributed by atoms with Crippen LogP contribution in [0.2, 0.25) is 0 Å². The third-order valence-electron chi connectivity index (χ3n) is 2.21. The summed E-state index contributed by atoms with van der Waals surface area (Å²) < 4.78 is 42.3. The van der Waals surface area contributed by atoms with E-state index in [9.17, 15) is 18.0 Å². The van der Waals surface area contributed by atoms with Gasteiger partial charge in [-0.05, 0) is 5.56 Å². The van der Waals surface area contributed by atoms with Crippen molar-refractivity contribution in [1.29, 1.82) is 0 Å². The number of nitrogens with two attached hydrogens (primary N) is 1. The SMILES string of the molecule is N[C@@H](C(=O)O)[C@H](OCc1ccccc1)C(F)(F)F. The highest BCUT2D eigenvalue weighted by atomic mass is 19.4. The molecule has 0 spiro atoms. The van der Waals surface area contributed by atoms with E-state index in [4.69, 9.17) is 10.8 Å². The van der Waals surface area contributed by atoms with Crippen LogP contribution in [0.3, 0.4) is 0 Å². The molecule has 2 atom stereocenters. The molecule has 0 unspecified atom stereocenters. The molecule has 0 saturated heterocycles. The van der Waals surface area contributed by atoms with Crippen LogP contribution >= 0.6 is 0 Å². The Hall–Kier alpha value is -1.60. The van der Waals surface area contributed by atoms with Gasteiger partial charge in [0, 0.05) is 0 Å². The first kappa shape index (κ1) is 14.5. The quantitative estimate of drug-likeness (QED) is 0.845. The molecular formula is C11H12F3NO3. The molecule has 0 radical (unpaired) electrons. The van der Waals surface area contributed by atoms with Crippen molar-refractivity contribution in [2.45, 2.75) is 24.9 Å². The van der Waals surface area contributed by atoms with Crippen molar-refractivity contribution in [1.82, 2.24) is 0 Å². The van der Waals surface area contributed by atoms with Gasteiger partial charge in [-0.3, -0.25) is 4.79 Å². The van der Waals surface area contributed by atoms with Gasteiger partial charge in [0.15, 0.2) is 6.10 Å². The molecule has 3 N–H and O–H groups in total. The van der Waals surface area contributed by atoms with Crippen LogP contribution in [0.15, 0.2) is 30.3 Å². The molecule has 0 aliphatic heterocycles. The van der Waals surface area contributed by atoms with Crippen molar-refractivity contribution in [2.24, 2.45) is 5.73 Å². The largest absolute Gasteiger partial charge is 0.480 e. The van der Waals surface area contributed by atoms with E-state index in [0.717, 1.165) is 0 Å². The number of carboxylic acid groups (broad SMARTS) is 1. The Morgan fingerprint density at radius 2 is 1.89 bits per heavy atom. The zero-order valence-electron chi connectivity index (χ0n) is 9.22. The fraction of sp³-hybridized carbons (Fsp3) is 0.364. The summed E-state index contributed by atoms with van der Waals surface area (Å²) in [6.07, 6.45) is -7.36. The Morgan fingerprint density at radius 1 is 1.33 bits per heavy atom. The highest BCUT2D eigenvalue weighted by Gasteiger charge is 2.47. The average molecular weight is 263 g/mol. The van der Waals surface area contributed by atoms with Crippen molar-refractivity contribution in [2.75, 3.05) is 0 Å². The normalized spacial score (nSPS) is 15.1. The zero-order valence-corrected chi connectivity index (χ0v) is 9.22. The predicted octanol–water partition coefficient (Wildman–Crippen LogP) is 1.55. The van der Waals surface area contributed by atoms with Crippen LogP contribution < -0.4 is 5.73 Å². The second-order valence-electron chi connectivity index (χ2n) is 3.62. The lowest BCUT2D eigenvalue weighted by Gasteiger charge is -2.23. The second-order valence-corrected chi connectivity index (χ2v) is 3.62. The summed E-state index contributed by atoms with van der Waals surface area (Å²) in [7, 11) is 0. The lowest BCUT2D eigenvalue weighted by atomic mass is 10.1. The van der Waals surface area contributed by atoms with E-state index in [1.54, 1.807) is 30.3 Å². The molecule has 1 rings (SSSR count). The molecule has 0 bridgehead atoms. The number of halogens is 3. The maximum absolute atomic E-state index is 12.6. The molecule has 1 aromatic rings. The first-order chi connectivity index (χ1) is 8.32. The smallest absolute Gasteiger partial charge is 0.416 e. The second kappa shape index (κ2) is 5.83. The lowest BCUT2D eigenvalue weighted by Crippen LogP contribution is -2.51. The fourth-order valence-electron chi connectivity index (χ4n) is 1.29. The summed E-state index contributed by atoms with van der Waals surface area (Å²) in [5, 5.41) is 8.51. The first-order valence-electron chi connectivity index (χ1n) is 5.03. The summed E-state index contributed by atoms with van der Waals surface area (Å²) in [5.41, 5.74) is 5.47. The third kappa shape index (κ3) is 4.01. The number of ether oxygens (including phenoxy) is 1. The molecule has 0 fully saturated rings. The number of carbonyl (C=O) groups is 1. The van der Waals surface area contributed by atoms with E-state index in [-0.39, 0.29) is 6.61 Å². The minimum atomic E-state index is -4.83. The Labute approximate surface area is 101 Å². The number of aliphatic carboxylic acids is 1. The Balaban J connectivity index is 2.71. The van der Waals surface area contributed by atoms with E-state index in [1.165, 1.54) is 0 Å². The van der Waals surface area contributed by atoms with Gasteiger partial charge in [-0.2, -0.15) is 13.2 Å². The standard InChI is InChI=1S/C11H12F3NO3/c12-11(13,14)9(8(15)10(16)17)18-6-7-4-2-1-3-5-7/h1-5,8-9H,6,15H2,(H,16,17)/t8-,9+/m1/s1. The summed E-state index contributed by atoms with van der Waals surface area (Å²) in [6.45, 7) is -0.355. The number of carboxylic acids is 1. The zero-order chi connectivity index (χ0) is 13.8. The van der Waals surface area contributed by atoms with Crippen molar-refractivity contribution in [3.8, 4) is 0 Å². The van der Waals surface area contributed by atoms with Gasteiger partial charge in [0.25, 0.3) is 0 Å². The number of alkyl halides is 3. The first-order valence-corrected chi connectivity index (χ1v) is 5.03. The van der Waals surface area contributed by atoms with Gasteiger partial charge in [0.1, 0.15) is 6.04 Å². The minimum absolute atomic E-state index is 0.355. The molecule has 7 heteroatoms. The van der Waals surface area contributed by atoms with E-state index in [0.29, 0.717) is 5.56 Å². The molecule has 0 heterocycles. The maximum Gasteiger partial charge on any atom is 0.416 e. The van der Waals surface area contributed by atoms with Crippen molar-refractivity contribution < 1.29 is 27.8 Å². The Bertz CT molecular complexity index is 394. The van der Waals surface area contributed by atoms with Crippen LogP contribution in [0.5, 0.6) is 0 Å². The van der Waals surface area contributed by atoms with Crippen molar-refractivity contribution in [3.63, 3.8) is 0 Å². The summed E-state index contributed by atoms with van der Waals surface area (Å²) in [6, 6.07) is 5.97. The van der Waals surface area contributed by atoms with Gasteiger partial charge >= 0.3 is 12.1 Å². The van der Waals surface area contributed by atoms with Gasteiger partial charge < -0.3 is 15.6 Å². The third-order valence-corrected chi connectivity index (χ3v) is 2.21. The fourth-order valence-corrected chi connectivity index (χ4v) is 1.29. The van der Waals surface area contributed by atoms with E-state index < -0.39 is 24.3 Å². The number of benzene rings is 1. The summed E-state index contributed by atoms with van der Waals surface area (Å²) >= 11 is 0. The monoisotopic (exact) mass is 263 g/mol.